The van der Waals surface area contributed by atoms with Gasteiger partial charge in [-0.3, -0.25) is 0 Å². The summed E-state index contributed by atoms with van der Waals surface area (Å²) >= 11 is 1.12. The third-order valence-corrected chi connectivity index (χ3v) is 10.8. The summed E-state index contributed by atoms with van der Waals surface area (Å²) in [5.74, 6) is 0.941. The van der Waals surface area contributed by atoms with Gasteiger partial charge in [-0.05, 0) is 87.8 Å². The van der Waals surface area contributed by atoms with Crippen molar-refractivity contribution in [3.8, 4) is 6.07 Å². The summed E-state index contributed by atoms with van der Waals surface area (Å²) < 4.78 is 21.2. The number of hydrogen-bond acceptors (Lipinski definition) is 8. The molecule has 1 saturated heterocycles. The van der Waals surface area contributed by atoms with E-state index in [0.29, 0.717) is 40.1 Å². The topological polar surface area (TPSA) is 91.3 Å². The molecule has 2 aromatic heterocycles. The summed E-state index contributed by atoms with van der Waals surface area (Å²) in [6.45, 7) is 17.8. The lowest BCUT2D eigenvalue weighted by molar-refractivity contribution is 0.135. The molecule has 4 heterocycles. The van der Waals surface area contributed by atoms with E-state index in [4.69, 9.17) is 20.4 Å². The normalized spacial score (nSPS) is 16.7. The fraction of sp³-hybridized carbons (Fsp3) is 0.541. The number of rotatable bonds is 11. The van der Waals surface area contributed by atoms with Crippen molar-refractivity contribution in [2.24, 2.45) is 5.92 Å². The van der Waals surface area contributed by atoms with Crippen LogP contribution in [-0.2, 0) is 18.0 Å². The highest BCUT2D eigenvalue weighted by Gasteiger charge is 2.31. The Morgan fingerprint density at radius 2 is 1.96 bits per heavy atom. The molecule has 0 radical (unpaired) electrons. The van der Waals surface area contributed by atoms with Gasteiger partial charge in [0.1, 0.15) is 16.9 Å². The summed E-state index contributed by atoms with van der Waals surface area (Å²) in [7, 11) is 5.09. The van der Waals surface area contributed by atoms with Crippen LogP contribution in [0.2, 0.25) is 0 Å². The summed E-state index contributed by atoms with van der Waals surface area (Å²) in [5, 5.41) is 12.3. The first-order chi connectivity index (χ1) is 22.6. The fourth-order valence-electron chi connectivity index (χ4n) is 6.48. The van der Waals surface area contributed by atoms with E-state index in [2.05, 4.69) is 59.9 Å². The quantitative estimate of drug-likeness (QED) is 0.160. The highest BCUT2D eigenvalue weighted by Crippen LogP contribution is 2.46. The van der Waals surface area contributed by atoms with Crippen molar-refractivity contribution in [2.45, 2.75) is 93.3 Å². The maximum atomic E-state index is 15.2. The minimum atomic E-state index is -0.388. The molecule has 1 aromatic carbocycles. The lowest BCUT2D eigenvalue weighted by Gasteiger charge is -2.22. The number of allylic oxidation sites excluding steroid dienone is 2. The standard InChI is InChI=1S/C28H31FN5OPS.C9H21N/c1-5-15(4)21(23-16(9-30)27(31)37-26(23)20(29)6-2)22-19-13-35-12-18(19)17-10-32-28(33-24(17)25(22)36)34-8-7-14(3)11-34;1-4-6-7-9-10(3)8-5-2/h6,10,14H,5,7-8,11-13,31,36H2,1-4H3;4-9H2,1-3H3/b20-6+,21-15+;/t14-;/m0./s1. The minimum absolute atomic E-state index is 0.311. The number of fused-ring (bicyclic) bond motifs is 3. The molecular weight excluding hydrogens is 626 g/mol. The Balaban J connectivity index is 0.000000434. The summed E-state index contributed by atoms with van der Waals surface area (Å²) in [6.07, 6.45) is 10.5. The molecule has 0 spiro atoms. The van der Waals surface area contributed by atoms with E-state index in [1.165, 1.54) is 44.8 Å². The first-order valence-electron chi connectivity index (χ1n) is 17.1. The molecular formula is C37H52FN6OPS. The molecule has 0 aliphatic carbocycles. The van der Waals surface area contributed by atoms with E-state index >= 15 is 4.39 Å². The maximum absolute atomic E-state index is 15.2. The second-order valence-electron chi connectivity index (χ2n) is 12.8. The third kappa shape index (κ3) is 8.05. The van der Waals surface area contributed by atoms with Crippen LogP contribution in [0, 0.1) is 17.2 Å². The van der Waals surface area contributed by atoms with Crippen LogP contribution in [0.15, 0.2) is 17.8 Å². The highest BCUT2D eigenvalue weighted by atomic mass is 32.1. The lowest BCUT2D eigenvalue weighted by atomic mass is 9.85. The maximum Gasteiger partial charge on any atom is 0.225 e. The smallest absolute Gasteiger partial charge is 0.225 e. The number of unbranched alkanes of at least 4 members (excludes halogenated alkanes) is 2. The molecule has 0 bridgehead atoms. The molecule has 2 N–H and O–H groups in total. The SMILES string of the molecule is C/C=C(/F)c1sc(N)c(C#N)c1/C(=C(\C)CC)c1c2c(c3cnc(N4CC[C@H](C)C4)nc3c1P)COC2.CCCCCN(C)CCC. The summed E-state index contributed by atoms with van der Waals surface area (Å²) in [5.41, 5.74) is 12.9. The number of benzene rings is 1. The first-order valence-corrected chi connectivity index (χ1v) is 18.5. The minimum Gasteiger partial charge on any atom is -0.389 e. The molecule has 3 aromatic rings. The van der Waals surface area contributed by atoms with Gasteiger partial charge >= 0.3 is 0 Å². The fourth-order valence-corrected chi connectivity index (χ4v) is 8.01. The van der Waals surface area contributed by atoms with Crippen LogP contribution in [0.3, 0.4) is 0 Å². The average Bonchev–Trinajstić information content (AvgIpc) is 3.81. The van der Waals surface area contributed by atoms with Crippen molar-refractivity contribution >= 4 is 59.1 Å². The van der Waals surface area contributed by atoms with Crippen molar-refractivity contribution in [1.82, 2.24) is 14.9 Å². The van der Waals surface area contributed by atoms with Gasteiger partial charge in [-0.25, -0.2) is 14.4 Å². The largest absolute Gasteiger partial charge is 0.389 e. The van der Waals surface area contributed by atoms with Crippen LogP contribution < -0.4 is 15.9 Å². The Morgan fingerprint density at radius 1 is 1.21 bits per heavy atom. The van der Waals surface area contributed by atoms with Gasteiger partial charge in [0.05, 0.1) is 29.2 Å². The van der Waals surface area contributed by atoms with Crippen LogP contribution in [0.4, 0.5) is 15.3 Å². The molecule has 254 valence electrons. The molecule has 0 amide bonds. The van der Waals surface area contributed by atoms with Crippen LogP contribution in [0.25, 0.3) is 22.3 Å². The van der Waals surface area contributed by atoms with Gasteiger partial charge in [-0.2, -0.15) is 5.26 Å². The van der Waals surface area contributed by atoms with Gasteiger partial charge in [-0.15, -0.1) is 20.6 Å². The van der Waals surface area contributed by atoms with Gasteiger partial charge in [0.25, 0.3) is 0 Å². The van der Waals surface area contributed by atoms with Crippen molar-refractivity contribution in [3.63, 3.8) is 0 Å². The van der Waals surface area contributed by atoms with Gasteiger partial charge < -0.3 is 20.3 Å². The number of nitrogen functional groups attached to an aromatic ring is 1. The monoisotopic (exact) mass is 678 g/mol. The number of ether oxygens (including phenoxy) is 1. The van der Waals surface area contributed by atoms with E-state index in [9.17, 15) is 5.26 Å². The number of aromatic nitrogens is 2. The zero-order valence-electron chi connectivity index (χ0n) is 29.3. The highest BCUT2D eigenvalue weighted by molar-refractivity contribution is 7.28. The first kappa shape index (κ1) is 36.9. The van der Waals surface area contributed by atoms with E-state index in [1.54, 1.807) is 6.92 Å². The van der Waals surface area contributed by atoms with E-state index in [1.807, 2.05) is 13.1 Å². The molecule has 10 heteroatoms. The number of nitrogens with zero attached hydrogens (tertiary/aromatic N) is 5. The number of halogens is 1. The molecule has 0 saturated carbocycles. The van der Waals surface area contributed by atoms with Crippen LogP contribution in [0.1, 0.15) is 113 Å². The number of nitriles is 1. The van der Waals surface area contributed by atoms with Gasteiger partial charge in [0.15, 0.2) is 0 Å². The van der Waals surface area contributed by atoms with Crippen molar-refractivity contribution in [1.29, 1.82) is 5.26 Å². The molecule has 2 aliphatic rings. The molecule has 1 unspecified atom stereocenters. The average molecular weight is 679 g/mol. The van der Waals surface area contributed by atoms with Gasteiger partial charge in [0.2, 0.25) is 5.95 Å². The molecule has 5 rings (SSSR count). The van der Waals surface area contributed by atoms with Crippen LogP contribution >= 0.6 is 20.6 Å². The second kappa shape index (κ2) is 17.0. The Morgan fingerprint density at radius 3 is 2.57 bits per heavy atom. The Kier molecular flexibility index (Phi) is 13.3. The molecule has 2 atom stereocenters. The molecule has 7 nitrogen and oxygen atoms in total. The third-order valence-electron chi connectivity index (χ3n) is 9.21. The Bertz CT molecular complexity index is 1680. The lowest BCUT2D eigenvalue weighted by Crippen LogP contribution is -2.22. The Hall–Kier alpha value is -2.89. The van der Waals surface area contributed by atoms with E-state index in [-0.39, 0.29) is 5.83 Å². The van der Waals surface area contributed by atoms with Gasteiger partial charge in [-0.1, -0.05) is 52.2 Å². The van der Waals surface area contributed by atoms with Crippen molar-refractivity contribution in [3.05, 3.63) is 50.5 Å². The predicted molar refractivity (Wildman–Crippen MR) is 201 cm³/mol. The molecule has 2 aliphatic heterocycles. The predicted octanol–water partition coefficient (Wildman–Crippen LogP) is 8.60. The molecule has 47 heavy (non-hydrogen) atoms. The van der Waals surface area contributed by atoms with Gasteiger partial charge in [0, 0.05) is 35.5 Å². The number of hydrogen-bond donors (Lipinski definition) is 1. The number of anilines is 2. The zero-order valence-corrected chi connectivity index (χ0v) is 31.3. The summed E-state index contributed by atoms with van der Waals surface area (Å²) in [4.78, 5) is 14.8. The van der Waals surface area contributed by atoms with Crippen molar-refractivity contribution < 1.29 is 9.13 Å². The van der Waals surface area contributed by atoms with Crippen LogP contribution in [-0.4, -0.2) is 48.1 Å². The van der Waals surface area contributed by atoms with Crippen LogP contribution in [0.5, 0.6) is 0 Å². The second-order valence-corrected chi connectivity index (χ2v) is 14.5. The zero-order chi connectivity index (χ0) is 34.2. The van der Waals surface area contributed by atoms with Crippen molar-refractivity contribution in [2.75, 3.05) is 43.9 Å². The summed E-state index contributed by atoms with van der Waals surface area (Å²) in [6, 6.07) is 2.25. The Labute approximate surface area is 287 Å². The number of thiophene rings is 1. The molecule has 1 fully saturated rings. The number of nitrogens with two attached hydrogens (primary N) is 1. The van der Waals surface area contributed by atoms with E-state index < -0.39 is 0 Å². The van der Waals surface area contributed by atoms with E-state index in [0.717, 1.165) is 87.3 Å².